The summed E-state index contributed by atoms with van der Waals surface area (Å²) < 4.78 is 0. The Balaban J connectivity index is -0.0000000133. The standard InChI is InChI=1S/C5H7.3ClH.Ti/c1-3-5-4-2;;;;/h1,3-5H,2H3;3*1H;/q-1;;;;. The first-order valence-corrected chi connectivity index (χ1v) is 1.58. The molecule has 56 valence electrons. The smallest absolute Gasteiger partial charge is 0 e. The van der Waals surface area contributed by atoms with E-state index in [9.17, 15) is 0 Å². The molecule has 0 aliphatic heterocycles. The van der Waals surface area contributed by atoms with E-state index in [2.05, 4.69) is 0 Å². The van der Waals surface area contributed by atoms with Crippen LogP contribution in [-0.4, -0.2) is 0 Å². The molecule has 0 aliphatic rings. The van der Waals surface area contributed by atoms with Crippen LogP contribution in [0, 0.1) is 6.58 Å². The van der Waals surface area contributed by atoms with Gasteiger partial charge in [-0.25, -0.2) is 12.2 Å². The maximum atomic E-state index is 4.93. The Hall–Kier alpha value is 1.06. The van der Waals surface area contributed by atoms with Crippen LogP contribution in [0.5, 0.6) is 0 Å². The van der Waals surface area contributed by atoms with E-state index in [4.69, 9.17) is 6.58 Å². The molecule has 0 aromatic carbocycles. The summed E-state index contributed by atoms with van der Waals surface area (Å²) in [6.07, 6.45) is 5.15. The van der Waals surface area contributed by atoms with Gasteiger partial charge in [-0.2, -0.15) is 6.08 Å². The van der Waals surface area contributed by atoms with Crippen LogP contribution in [0.15, 0.2) is 18.2 Å². The molecule has 0 heterocycles. The predicted octanol–water partition coefficient (Wildman–Crippen LogP) is 2.81. The largest absolute Gasteiger partial charge is 0.293 e. The van der Waals surface area contributed by atoms with Crippen LogP contribution < -0.4 is 0 Å². The van der Waals surface area contributed by atoms with E-state index in [-0.39, 0.29) is 58.9 Å². The van der Waals surface area contributed by atoms with Crippen LogP contribution in [0.1, 0.15) is 6.92 Å². The minimum Gasteiger partial charge on any atom is -0.293 e. The van der Waals surface area contributed by atoms with Crippen molar-refractivity contribution in [1.82, 2.24) is 0 Å². The third kappa shape index (κ3) is 48.2. The third-order valence-electron chi connectivity index (χ3n) is 0.304. The molecule has 0 saturated carbocycles. The second-order valence-electron chi connectivity index (χ2n) is 0.718. The van der Waals surface area contributed by atoms with Gasteiger partial charge in [-0.15, -0.1) is 37.2 Å². The van der Waals surface area contributed by atoms with Gasteiger partial charge in [0.25, 0.3) is 0 Å². The van der Waals surface area contributed by atoms with Crippen molar-refractivity contribution >= 4 is 37.2 Å². The van der Waals surface area contributed by atoms with Crippen LogP contribution >= 0.6 is 37.2 Å². The van der Waals surface area contributed by atoms with Gasteiger partial charge in [-0.3, -0.25) is 6.58 Å². The van der Waals surface area contributed by atoms with Crippen LogP contribution in [0.25, 0.3) is 0 Å². The van der Waals surface area contributed by atoms with Gasteiger partial charge in [0.2, 0.25) is 0 Å². The SMILES string of the molecule is Cl.Cl.Cl.[CH-]=CC=CC.[Ti]. The van der Waals surface area contributed by atoms with Crippen LogP contribution in [0.4, 0.5) is 0 Å². The van der Waals surface area contributed by atoms with Crippen LogP contribution in [0.3, 0.4) is 0 Å². The van der Waals surface area contributed by atoms with Crippen molar-refractivity contribution in [2.75, 3.05) is 0 Å². The molecule has 0 N–H and O–H groups in total. The minimum atomic E-state index is 0. The Bertz CT molecular complexity index is 54.2. The normalized spacial score (nSPS) is 5.00. The van der Waals surface area contributed by atoms with Gasteiger partial charge in [-0.1, -0.05) is 6.92 Å². The van der Waals surface area contributed by atoms with Crippen molar-refractivity contribution in [3.05, 3.63) is 24.8 Å². The fourth-order valence-electron chi connectivity index (χ4n) is 0.111. The summed E-state index contributed by atoms with van der Waals surface area (Å²) in [4.78, 5) is 0. The quantitative estimate of drug-likeness (QED) is 0.365. The van der Waals surface area contributed by atoms with Crippen LogP contribution in [0.2, 0.25) is 0 Å². The fourth-order valence-corrected chi connectivity index (χ4v) is 0.111. The first kappa shape index (κ1) is 32.2. The Morgan fingerprint density at radius 2 is 1.44 bits per heavy atom. The molecule has 0 bridgehead atoms. The summed E-state index contributed by atoms with van der Waals surface area (Å²) in [5, 5.41) is 0. The summed E-state index contributed by atoms with van der Waals surface area (Å²) in [5.74, 6) is 0. The second kappa shape index (κ2) is 35.7. The Labute approximate surface area is 90.3 Å². The first-order valence-electron chi connectivity index (χ1n) is 1.58. The van der Waals surface area contributed by atoms with Gasteiger partial charge < -0.3 is 0 Å². The average Bonchev–Trinajstić information content (AvgIpc) is 1.41. The van der Waals surface area contributed by atoms with Crippen molar-refractivity contribution < 1.29 is 21.7 Å². The topological polar surface area (TPSA) is 0 Å². The van der Waals surface area contributed by atoms with E-state index in [1.165, 1.54) is 6.08 Å². The Kier molecular flexibility index (Phi) is 128. The average molecular weight is 224 g/mol. The molecule has 0 nitrogen and oxygen atoms in total. The molecule has 0 fully saturated rings. The third-order valence-corrected chi connectivity index (χ3v) is 0.304. The molecular weight excluding hydrogens is 214 g/mol. The Morgan fingerprint density at radius 1 is 1.11 bits per heavy atom. The molecule has 0 aliphatic carbocycles. The van der Waals surface area contributed by atoms with Crippen molar-refractivity contribution in [3.63, 3.8) is 0 Å². The maximum Gasteiger partial charge on any atom is 0 e. The molecule has 0 aromatic rings. The summed E-state index contributed by atoms with van der Waals surface area (Å²) in [7, 11) is 0. The number of allylic oxidation sites excluding steroid dienone is 3. The van der Waals surface area contributed by atoms with Gasteiger partial charge in [-0.05, 0) is 0 Å². The zero-order valence-corrected chi connectivity index (χ0v) is 9.05. The molecule has 9 heavy (non-hydrogen) atoms. The summed E-state index contributed by atoms with van der Waals surface area (Å²) in [5.41, 5.74) is 0. The first-order chi connectivity index (χ1) is 2.41. The molecule has 0 radical (unpaired) electrons. The molecule has 0 atom stereocenters. The molecule has 0 spiro atoms. The predicted molar refractivity (Wildman–Crippen MR) is 45.4 cm³/mol. The zero-order valence-electron chi connectivity index (χ0n) is 5.03. The minimum absolute atomic E-state index is 0. The maximum absolute atomic E-state index is 4.93. The van der Waals surface area contributed by atoms with Gasteiger partial charge in [0, 0.05) is 21.7 Å². The van der Waals surface area contributed by atoms with E-state index >= 15 is 0 Å². The number of hydrogen-bond acceptors (Lipinski definition) is 0. The van der Waals surface area contributed by atoms with E-state index in [1.807, 2.05) is 13.0 Å². The summed E-state index contributed by atoms with van der Waals surface area (Å²) >= 11 is 0. The number of rotatable bonds is 1. The molecule has 0 rings (SSSR count). The zero-order chi connectivity index (χ0) is 4.12. The molecule has 4 heteroatoms. The number of hydrogen-bond donors (Lipinski definition) is 0. The van der Waals surface area contributed by atoms with Gasteiger partial charge >= 0.3 is 0 Å². The Morgan fingerprint density at radius 3 is 1.44 bits per heavy atom. The molecular formula is C5H10Cl3Ti-. The monoisotopic (exact) mass is 223 g/mol. The van der Waals surface area contributed by atoms with Crippen molar-refractivity contribution in [2.24, 2.45) is 0 Å². The molecule has 0 amide bonds. The second-order valence-corrected chi connectivity index (χ2v) is 0.718. The number of halogens is 3. The van der Waals surface area contributed by atoms with E-state index < -0.39 is 0 Å². The van der Waals surface area contributed by atoms with Gasteiger partial charge in [0.1, 0.15) is 0 Å². The fraction of sp³-hybridized carbons (Fsp3) is 0.200. The van der Waals surface area contributed by atoms with E-state index in [0.29, 0.717) is 0 Å². The summed E-state index contributed by atoms with van der Waals surface area (Å²) in [6.45, 7) is 6.85. The van der Waals surface area contributed by atoms with Crippen LogP contribution in [-0.2, 0) is 21.7 Å². The van der Waals surface area contributed by atoms with Crippen molar-refractivity contribution in [3.8, 4) is 0 Å². The van der Waals surface area contributed by atoms with Gasteiger partial charge in [0.05, 0.1) is 0 Å². The van der Waals surface area contributed by atoms with E-state index in [1.54, 1.807) is 6.08 Å². The van der Waals surface area contributed by atoms with E-state index in [0.717, 1.165) is 0 Å². The van der Waals surface area contributed by atoms with Crippen molar-refractivity contribution in [2.45, 2.75) is 6.92 Å². The molecule has 0 unspecified atom stereocenters. The molecule has 0 aromatic heterocycles. The van der Waals surface area contributed by atoms with Gasteiger partial charge in [0.15, 0.2) is 0 Å². The molecule has 0 saturated heterocycles. The van der Waals surface area contributed by atoms with Crippen molar-refractivity contribution in [1.29, 1.82) is 0 Å². The summed E-state index contributed by atoms with van der Waals surface area (Å²) in [6, 6.07) is 0.